The van der Waals surface area contributed by atoms with Crippen LogP contribution in [0.3, 0.4) is 0 Å². The second-order valence-corrected chi connectivity index (χ2v) is 9.04. The van der Waals surface area contributed by atoms with Crippen molar-refractivity contribution in [2.45, 2.75) is 70.7 Å². The van der Waals surface area contributed by atoms with Crippen LogP contribution >= 0.6 is 27.3 Å². The molecule has 162 valence electrons. The second kappa shape index (κ2) is 8.63. The lowest BCUT2D eigenvalue weighted by Gasteiger charge is -2.19. The molecule has 0 radical (unpaired) electrons. The van der Waals surface area contributed by atoms with E-state index >= 15 is 0 Å². The van der Waals surface area contributed by atoms with E-state index in [4.69, 9.17) is 4.74 Å². The van der Waals surface area contributed by atoms with Crippen LogP contribution in [0.5, 0.6) is 0 Å². The zero-order valence-corrected chi connectivity index (χ0v) is 18.9. The van der Waals surface area contributed by atoms with Crippen molar-refractivity contribution in [2.24, 2.45) is 0 Å². The first-order chi connectivity index (χ1) is 13.3. The zero-order valence-electron chi connectivity index (χ0n) is 16.5. The summed E-state index contributed by atoms with van der Waals surface area (Å²) in [6, 6.07) is 0. The van der Waals surface area contributed by atoms with Crippen molar-refractivity contribution in [3.05, 3.63) is 31.3 Å². The van der Waals surface area contributed by atoms with Gasteiger partial charge >= 0.3 is 17.8 Å². The van der Waals surface area contributed by atoms with E-state index in [1.54, 1.807) is 27.7 Å². The number of carbonyl (C=O) groups is 1. The summed E-state index contributed by atoms with van der Waals surface area (Å²) >= 11 is 4.06. The number of halogens is 4. The lowest BCUT2D eigenvalue weighted by Crippen LogP contribution is -2.40. The predicted octanol–water partition coefficient (Wildman–Crippen LogP) is 4.44. The highest BCUT2D eigenvalue weighted by molar-refractivity contribution is 9.08. The van der Waals surface area contributed by atoms with Crippen molar-refractivity contribution in [2.75, 3.05) is 0 Å². The van der Waals surface area contributed by atoms with Crippen molar-refractivity contribution >= 4 is 43.5 Å². The lowest BCUT2D eigenvalue weighted by molar-refractivity contribution is -0.136. The third-order valence-corrected chi connectivity index (χ3v) is 5.73. The molecule has 0 aliphatic carbocycles. The Labute approximate surface area is 177 Å². The summed E-state index contributed by atoms with van der Waals surface area (Å²) in [7, 11) is 0. The van der Waals surface area contributed by atoms with E-state index in [2.05, 4.69) is 15.9 Å². The van der Waals surface area contributed by atoms with Gasteiger partial charge in [-0.05, 0) is 27.2 Å². The predicted molar refractivity (Wildman–Crippen MR) is 109 cm³/mol. The lowest BCUT2D eigenvalue weighted by atomic mass is 10.2. The van der Waals surface area contributed by atoms with Gasteiger partial charge < -0.3 is 4.74 Å². The molecule has 0 amide bonds. The summed E-state index contributed by atoms with van der Waals surface area (Å²) < 4.78 is 45.6. The Morgan fingerprint density at radius 1 is 1.14 bits per heavy atom. The topological polar surface area (TPSA) is 70.3 Å². The van der Waals surface area contributed by atoms with Crippen LogP contribution < -0.4 is 11.2 Å². The molecule has 0 spiro atoms. The normalized spacial score (nSPS) is 12.6. The van der Waals surface area contributed by atoms with Crippen LogP contribution in [0.25, 0.3) is 10.2 Å². The molecule has 2 rings (SSSR count). The number of thiophene rings is 1. The van der Waals surface area contributed by atoms with Crippen molar-refractivity contribution in [3.63, 3.8) is 0 Å². The summed E-state index contributed by atoms with van der Waals surface area (Å²) in [6.45, 7) is 6.22. The van der Waals surface area contributed by atoms with Crippen LogP contribution in [0.2, 0.25) is 0 Å². The molecule has 0 unspecified atom stereocenters. The standard InChI is InChI=1S/C18H22BrF3N2O4S/c1-5-7-23-13(25)11-10(9-19)12(15(26)28-17(2,3)4)29-14(11)24(16(23)27)8-6-18(20,21)22/h5-9H2,1-4H3. The van der Waals surface area contributed by atoms with E-state index in [-0.39, 0.29) is 27.0 Å². The Hall–Kier alpha value is -1.62. The average molecular weight is 499 g/mol. The number of aromatic nitrogens is 2. The van der Waals surface area contributed by atoms with Crippen LogP contribution in [0.4, 0.5) is 13.2 Å². The maximum atomic E-state index is 13.0. The van der Waals surface area contributed by atoms with Gasteiger partial charge in [-0.15, -0.1) is 11.3 Å². The number of nitrogens with zero attached hydrogens (tertiary/aromatic N) is 2. The summed E-state index contributed by atoms with van der Waals surface area (Å²) in [4.78, 5) is 38.5. The molecule has 0 aliphatic rings. The largest absolute Gasteiger partial charge is 0.456 e. The molecule has 0 bridgehead atoms. The van der Waals surface area contributed by atoms with Gasteiger partial charge in [0.15, 0.2) is 0 Å². The van der Waals surface area contributed by atoms with E-state index in [9.17, 15) is 27.6 Å². The molecule has 0 atom stereocenters. The second-order valence-electron chi connectivity index (χ2n) is 7.48. The molecule has 0 aliphatic heterocycles. The van der Waals surface area contributed by atoms with Gasteiger partial charge in [0.25, 0.3) is 5.56 Å². The summed E-state index contributed by atoms with van der Waals surface area (Å²) in [5.74, 6) is -0.690. The summed E-state index contributed by atoms with van der Waals surface area (Å²) in [6.07, 6.45) is -5.25. The van der Waals surface area contributed by atoms with Crippen LogP contribution in [0, 0.1) is 0 Å². The Morgan fingerprint density at radius 2 is 1.76 bits per heavy atom. The number of alkyl halides is 4. The van der Waals surface area contributed by atoms with Gasteiger partial charge in [0.1, 0.15) is 15.3 Å². The van der Waals surface area contributed by atoms with E-state index in [1.807, 2.05) is 0 Å². The molecule has 2 aromatic rings. The van der Waals surface area contributed by atoms with E-state index < -0.39 is 42.0 Å². The van der Waals surface area contributed by atoms with Crippen LogP contribution in [0.15, 0.2) is 9.59 Å². The first kappa shape index (κ1) is 23.7. The molecule has 0 saturated heterocycles. The monoisotopic (exact) mass is 498 g/mol. The molecule has 29 heavy (non-hydrogen) atoms. The third-order valence-electron chi connectivity index (χ3n) is 3.94. The van der Waals surface area contributed by atoms with Crippen molar-refractivity contribution in [1.82, 2.24) is 9.13 Å². The molecule has 0 saturated carbocycles. The maximum absolute atomic E-state index is 13.0. The van der Waals surface area contributed by atoms with Crippen molar-refractivity contribution < 1.29 is 22.7 Å². The molecule has 0 fully saturated rings. The van der Waals surface area contributed by atoms with Crippen LogP contribution in [-0.4, -0.2) is 26.9 Å². The molecule has 2 aromatic heterocycles. The number of rotatable bonds is 6. The fourth-order valence-corrected chi connectivity index (χ4v) is 4.74. The summed E-state index contributed by atoms with van der Waals surface area (Å²) in [5.41, 5.74) is -1.91. The van der Waals surface area contributed by atoms with Gasteiger partial charge in [0.05, 0.1) is 11.8 Å². The number of esters is 1. The third kappa shape index (κ3) is 5.30. The Bertz CT molecular complexity index is 1030. The Balaban J connectivity index is 2.82. The minimum Gasteiger partial charge on any atom is -0.456 e. The number of hydrogen-bond acceptors (Lipinski definition) is 5. The quantitative estimate of drug-likeness (QED) is 0.436. The molecule has 2 heterocycles. The molecule has 6 nitrogen and oxygen atoms in total. The Kier molecular flexibility index (Phi) is 7.04. The van der Waals surface area contributed by atoms with E-state index in [1.165, 1.54) is 0 Å². The van der Waals surface area contributed by atoms with Gasteiger partial charge in [-0.3, -0.25) is 13.9 Å². The minimum atomic E-state index is -4.47. The first-order valence-corrected chi connectivity index (χ1v) is 10.9. The van der Waals surface area contributed by atoms with Crippen molar-refractivity contribution in [3.8, 4) is 0 Å². The van der Waals surface area contributed by atoms with E-state index in [0.717, 1.165) is 20.5 Å². The number of fused-ring (bicyclic) bond motifs is 1. The van der Waals surface area contributed by atoms with E-state index in [0.29, 0.717) is 12.0 Å². The Morgan fingerprint density at radius 3 is 2.24 bits per heavy atom. The smallest absolute Gasteiger partial charge is 0.390 e. The zero-order chi connectivity index (χ0) is 22.1. The average Bonchev–Trinajstić information content (AvgIpc) is 2.95. The number of hydrogen-bond donors (Lipinski definition) is 0. The van der Waals surface area contributed by atoms with Gasteiger partial charge in [0, 0.05) is 24.0 Å². The molecule has 11 heteroatoms. The van der Waals surface area contributed by atoms with Gasteiger partial charge in [0.2, 0.25) is 0 Å². The SMILES string of the molecule is CCCn1c(=O)c2c(CBr)c(C(=O)OC(C)(C)C)sc2n(CCC(F)(F)F)c1=O. The number of ether oxygens (including phenoxy) is 1. The highest BCUT2D eigenvalue weighted by Crippen LogP contribution is 2.32. The number of aryl methyl sites for hydroxylation is 1. The van der Waals surface area contributed by atoms with Gasteiger partial charge in [-0.2, -0.15) is 13.2 Å². The summed E-state index contributed by atoms with van der Waals surface area (Å²) in [5, 5.41) is 0.184. The number of carbonyl (C=O) groups excluding carboxylic acids is 1. The van der Waals surface area contributed by atoms with Gasteiger partial charge in [-0.25, -0.2) is 9.59 Å². The van der Waals surface area contributed by atoms with Crippen LogP contribution in [-0.2, 0) is 23.2 Å². The molecular weight excluding hydrogens is 477 g/mol. The van der Waals surface area contributed by atoms with Crippen molar-refractivity contribution in [1.29, 1.82) is 0 Å². The first-order valence-electron chi connectivity index (χ1n) is 8.95. The van der Waals surface area contributed by atoms with Gasteiger partial charge in [-0.1, -0.05) is 22.9 Å². The highest BCUT2D eigenvalue weighted by atomic mass is 79.9. The fraction of sp³-hybridized carbons (Fsp3) is 0.611. The highest BCUT2D eigenvalue weighted by Gasteiger charge is 2.30. The maximum Gasteiger partial charge on any atom is 0.390 e. The molecular formula is C18H22BrF3N2O4S. The molecule has 0 N–H and O–H groups in total. The fourth-order valence-electron chi connectivity index (χ4n) is 2.79. The molecule has 0 aromatic carbocycles. The minimum absolute atomic E-state index is 0.0481. The van der Waals surface area contributed by atoms with Crippen LogP contribution in [0.1, 0.15) is 55.8 Å².